The van der Waals surface area contributed by atoms with Crippen LogP contribution in [-0.4, -0.2) is 56.6 Å². The van der Waals surface area contributed by atoms with Gasteiger partial charge in [-0.05, 0) is 43.3 Å². The van der Waals surface area contributed by atoms with Crippen LogP contribution >= 0.6 is 0 Å². The van der Waals surface area contributed by atoms with Crippen LogP contribution in [0.3, 0.4) is 0 Å². The Labute approximate surface area is 214 Å². The number of anilines is 5. The Morgan fingerprint density at radius 3 is 2.59 bits per heavy atom. The number of hydrogen-bond donors (Lipinski definition) is 3. The van der Waals surface area contributed by atoms with Crippen LogP contribution < -0.4 is 20.3 Å². The lowest BCUT2D eigenvalue weighted by molar-refractivity contribution is 0.311. The summed E-state index contributed by atoms with van der Waals surface area (Å²) in [5.74, 6) is 2.69. The van der Waals surface area contributed by atoms with Crippen molar-refractivity contribution in [2.75, 3.05) is 42.3 Å². The van der Waals surface area contributed by atoms with E-state index < -0.39 is 0 Å². The number of aliphatic hydroxyl groups excluding tert-OH is 1. The van der Waals surface area contributed by atoms with Crippen LogP contribution in [0.1, 0.15) is 25.2 Å². The molecule has 37 heavy (non-hydrogen) atoms. The summed E-state index contributed by atoms with van der Waals surface area (Å²) in [6, 6.07) is 12.0. The van der Waals surface area contributed by atoms with Gasteiger partial charge in [-0.25, -0.2) is 14.1 Å². The third-order valence-electron chi connectivity index (χ3n) is 6.21. The number of nitrogens with one attached hydrogen (secondary N) is 2. The van der Waals surface area contributed by atoms with Crippen LogP contribution in [0.2, 0.25) is 0 Å². The molecule has 2 aromatic heterocycles. The van der Waals surface area contributed by atoms with Crippen LogP contribution in [0.15, 0.2) is 48.8 Å². The number of aromatic nitrogens is 5. The smallest absolute Gasteiger partial charge is 0.231 e. The minimum Gasteiger partial charge on any atom is -0.494 e. The molecule has 0 saturated carbocycles. The maximum absolute atomic E-state index is 13.6. The largest absolute Gasteiger partial charge is 0.494 e. The second kappa shape index (κ2) is 9.66. The fourth-order valence-corrected chi connectivity index (χ4v) is 4.54. The fourth-order valence-electron chi connectivity index (χ4n) is 4.54. The molecule has 0 spiro atoms. The highest BCUT2D eigenvalue weighted by atomic mass is 19.1. The zero-order chi connectivity index (χ0) is 26.2. The zero-order valence-electron chi connectivity index (χ0n) is 21.2. The first-order valence-corrected chi connectivity index (χ1v) is 11.9. The van der Waals surface area contributed by atoms with Crippen molar-refractivity contribution in [2.24, 2.45) is 0 Å². The average molecular weight is 505 g/mol. The van der Waals surface area contributed by atoms with Gasteiger partial charge < -0.3 is 25.4 Å². The number of ether oxygens (including phenoxy) is 1. The number of methoxy groups -OCH3 is 1. The van der Waals surface area contributed by atoms with Crippen molar-refractivity contribution < 1.29 is 14.2 Å². The van der Waals surface area contributed by atoms with Gasteiger partial charge in [0.25, 0.3) is 0 Å². The van der Waals surface area contributed by atoms with Crippen molar-refractivity contribution in [3.63, 3.8) is 0 Å². The Morgan fingerprint density at radius 1 is 1.14 bits per heavy atom. The molecule has 5 rings (SSSR count). The van der Waals surface area contributed by atoms with E-state index >= 15 is 0 Å². The van der Waals surface area contributed by atoms with Crippen LogP contribution in [0, 0.1) is 12.7 Å². The van der Waals surface area contributed by atoms with Gasteiger partial charge in [0.05, 0.1) is 13.7 Å². The normalized spacial score (nSPS) is 13.9. The van der Waals surface area contributed by atoms with Gasteiger partial charge in [0.2, 0.25) is 5.95 Å². The van der Waals surface area contributed by atoms with Crippen molar-refractivity contribution in [3.05, 3.63) is 66.0 Å². The Hall–Kier alpha value is -4.25. The summed E-state index contributed by atoms with van der Waals surface area (Å²) < 4.78 is 20.9. The molecular formula is C26H29FN8O2. The highest BCUT2D eigenvalue weighted by molar-refractivity contribution is 5.76. The molecular weight excluding hydrogens is 475 g/mol. The lowest BCUT2D eigenvalue weighted by atomic mass is 9.88. The summed E-state index contributed by atoms with van der Waals surface area (Å²) in [6.07, 6.45) is 1.63. The second-order valence-electron chi connectivity index (χ2n) is 9.44. The number of nitrogens with zero attached hydrogens (tertiary/aromatic N) is 6. The zero-order valence-corrected chi connectivity index (χ0v) is 21.2. The van der Waals surface area contributed by atoms with E-state index in [0.717, 1.165) is 28.4 Å². The maximum atomic E-state index is 13.6. The molecule has 1 aliphatic heterocycles. The standard InChI is InChI=1S/C26H29FN8O2/c1-16-29-15-35(33-16)20-10-7-18(13-21(20)37-4)30-25-31-23(28-11-12-36)22-24(32-25)34(14-26(22,2)3)19-8-5-17(27)6-9-19/h5-10,13,15,36H,11-12,14H2,1-4H3,(H2,28,30,31,32). The van der Waals surface area contributed by atoms with Gasteiger partial charge in [-0.3, -0.25) is 0 Å². The van der Waals surface area contributed by atoms with Crippen LogP contribution in [0.25, 0.3) is 5.69 Å². The van der Waals surface area contributed by atoms with Gasteiger partial charge in [-0.15, -0.1) is 0 Å². The van der Waals surface area contributed by atoms with E-state index in [4.69, 9.17) is 14.7 Å². The molecule has 192 valence electrons. The Morgan fingerprint density at radius 2 is 1.92 bits per heavy atom. The lowest BCUT2D eigenvalue weighted by Gasteiger charge is -2.22. The monoisotopic (exact) mass is 504 g/mol. The molecule has 10 nitrogen and oxygen atoms in total. The molecule has 0 aliphatic carbocycles. The van der Waals surface area contributed by atoms with Gasteiger partial charge in [0.15, 0.2) is 0 Å². The summed E-state index contributed by atoms with van der Waals surface area (Å²) in [4.78, 5) is 15.9. The van der Waals surface area contributed by atoms with E-state index in [9.17, 15) is 9.50 Å². The van der Waals surface area contributed by atoms with Crippen molar-refractivity contribution in [2.45, 2.75) is 26.2 Å². The van der Waals surface area contributed by atoms with Crippen molar-refractivity contribution in [1.82, 2.24) is 24.7 Å². The second-order valence-corrected chi connectivity index (χ2v) is 9.44. The summed E-state index contributed by atoms with van der Waals surface area (Å²) >= 11 is 0. The molecule has 3 N–H and O–H groups in total. The number of aliphatic hydroxyl groups is 1. The summed E-state index contributed by atoms with van der Waals surface area (Å²) in [6.45, 7) is 7.00. The Balaban J connectivity index is 1.55. The highest BCUT2D eigenvalue weighted by Crippen LogP contribution is 2.46. The van der Waals surface area contributed by atoms with Crippen LogP contribution in [-0.2, 0) is 5.41 Å². The van der Waals surface area contributed by atoms with Gasteiger partial charge in [0, 0.05) is 41.5 Å². The van der Waals surface area contributed by atoms with Crippen LogP contribution in [0.4, 0.5) is 33.3 Å². The van der Waals surface area contributed by atoms with E-state index in [1.54, 1.807) is 30.3 Å². The van der Waals surface area contributed by atoms with Crippen molar-refractivity contribution in [3.8, 4) is 11.4 Å². The van der Waals surface area contributed by atoms with Crippen molar-refractivity contribution >= 4 is 29.0 Å². The Bertz CT molecular complexity index is 1420. The molecule has 0 fully saturated rings. The summed E-state index contributed by atoms with van der Waals surface area (Å²) in [5.41, 5.74) is 2.94. The third kappa shape index (κ3) is 4.77. The van der Waals surface area contributed by atoms with Crippen LogP contribution in [0.5, 0.6) is 5.75 Å². The van der Waals surface area contributed by atoms with Gasteiger partial charge >= 0.3 is 0 Å². The Kier molecular flexibility index (Phi) is 6.38. The predicted octanol–water partition coefficient (Wildman–Crippen LogP) is 4.09. The van der Waals surface area contributed by atoms with E-state index in [0.29, 0.717) is 36.4 Å². The number of halogens is 1. The molecule has 0 bridgehead atoms. The number of benzene rings is 2. The maximum Gasteiger partial charge on any atom is 0.231 e. The third-order valence-corrected chi connectivity index (χ3v) is 6.21. The van der Waals surface area contributed by atoms with E-state index in [1.165, 1.54) is 12.1 Å². The minimum atomic E-state index is -0.295. The SMILES string of the molecule is COc1cc(Nc2nc(NCCO)c3c(n2)N(c2ccc(F)cc2)CC3(C)C)ccc1-n1cnc(C)n1. The molecule has 4 aromatic rings. The first-order valence-electron chi connectivity index (χ1n) is 11.9. The molecule has 0 saturated heterocycles. The van der Waals surface area contributed by atoms with E-state index in [1.807, 2.05) is 25.1 Å². The molecule has 0 radical (unpaired) electrons. The van der Waals surface area contributed by atoms with Gasteiger partial charge in [-0.1, -0.05) is 13.8 Å². The molecule has 11 heteroatoms. The van der Waals surface area contributed by atoms with Gasteiger partial charge in [0.1, 0.15) is 41.0 Å². The topological polar surface area (TPSA) is 113 Å². The van der Waals surface area contributed by atoms with Gasteiger partial charge in [-0.2, -0.15) is 15.1 Å². The molecule has 2 aromatic carbocycles. The summed E-state index contributed by atoms with van der Waals surface area (Å²) in [7, 11) is 1.60. The fraction of sp³-hybridized carbons (Fsp3) is 0.308. The van der Waals surface area contributed by atoms with Crippen molar-refractivity contribution in [1.29, 1.82) is 0 Å². The number of hydrogen-bond acceptors (Lipinski definition) is 9. The number of rotatable bonds is 8. The number of fused-ring (bicyclic) bond motifs is 1. The highest BCUT2D eigenvalue weighted by Gasteiger charge is 2.40. The molecule has 1 aliphatic rings. The number of aryl methyl sites for hydroxylation is 1. The summed E-state index contributed by atoms with van der Waals surface area (Å²) in [5, 5.41) is 20.3. The molecule has 3 heterocycles. The average Bonchev–Trinajstić information content (AvgIpc) is 3.43. The lowest BCUT2D eigenvalue weighted by Crippen LogP contribution is -2.25. The molecule has 0 amide bonds. The minimum absolute atomic E-state index is 0.0376. The van der Waals surface area contributed by atoms with E-state index in [2.05, 4.69) is 39.5 Å². The molecule has 0 unspecified atom stereocenters. The molecule has 0 atom stereocenters. The quantitative estimate of drug-likeness (QED) is 0.326. The van der Waals surface area contributed by atoms with E-state index in [-0.39, 0.29) is 17.8 Å². The first-order chi connectivity index (χ1) is 17.8. The first kappa shape index (κ1) is 24.4. The predicted molar refractivity (Wildman–Crippen MR) is 140 cm³/mol.